The van der Waals surface area contributed by atoms with Gasteiger partial charge in [0.25, 0.3) is 0 Å². The van der Waals surface area contributed by atoms with Gasteiger partial charge in [-0.3, -0.25) is 14.4 Å². The molecule has 0 aromatic heterocycles. The standard InChI is InChI=1S/C43H44O9/c1-19(2)33-36(46)31(21(4)44)38(48)43(51)39(49)34-37(47)32-30(20(3)41(34,5)40(50)42(33,43)6)27(24-14-13-23-15-16-52-29(23)17-24)18-28(35(32)45)26-12-8-10-22-9-7-11-25(22)26/h8,10,12-14,17-20,33,40,45,47-48,50-51H,7,9,11,15-16H2,1-6H3/t20-,33?,40-,41+,42+,43+/m1/s1. The van der Waals surface area contributed by atoms with E-state index in [1.165, 1.54) is 12.5 Å². The summed E-state index contributed by atoms with van der Waals surface area (Å²) in [6.45, 7) is 9.84. The first kappa shape index (κ1) is 34.4. The maximum Gasteiger partial charge on any atom is 0.203 e. The van der Waals surface area contributed by atoms with Gasteiger partial charge in [0.1, 0.15) is 28.6 Å². The van der Waals surface area contributed by atoms with Crippen molar-refractivity contribution in [2.75, 3.05) is 6.61 Å². The van der Waals surface area contributed by atoms with E-state index in [-0.39, 0.29) is 16.9 Å². The van der Waals surface area contributed by atoms with E-state index in [2.05, 4.69) is 6.07 Å². The summed E-state index contributed by atoms with van der Waals surface area (Å²) in [6, 6.07) is 13.7. The Kier molecular flexibility index (Phi) is 7.36. The highest BCUT2D eigenvalue weighted by atomic mass is 16.5. The number of fused-ring (bicyclic) bond motifs is 5. The van der Waals surface area contributed by atoms with E-state index in [1.807, 2.05) is 36.4 Å². The number of aliphatic hydroxyl groups excluding tert-OH is 3. The average molecular weight is 705 g/mol. The molecular weight excluding hydrogens is 660 g/mol. The summed E-state index contributed by atoms with van der Waals surface area (Å²) in [7, 11) is 0. The van der Waals surface area contributed by atoms with Gasteiger partial charge in [-0.05, 0) is 89.1 Å². The number of aromatic hydroxyl groups is 1. The largest absolute Gasteiger partial charge is 0.508 e. The van der Waals surface area contributed by atoms with E-state index in [0.717, 1.165) is 60.6 Å². The topological polar surface area (TPSA) is 162 Å². The lowest BCUT2D eigenvalue weighted by molar-refractivity contribution is -0.215. The Balaban J connectivity index is 1.48. The highest BCUT2D eigenvalue weighted by Gasteiger charge is 2.77. The van der Waals surface area contributed by atoms with Gasteiger partial charge >= 0.3 is 0 Å². The van der Waals surface area contributed by atoms with E-state index in [0.29, 0.717) is 23.3 Å². The number of phenols is 1. The molecule has 5 N–H and O–H groups in total. The molecule has 1 aliphatic heterocycles. The van der Waals surface area contributed by atoms with Crippen LogP contribution in [0.5, 0.6) is 11.5 Å². The first-order valence-electron chi connectivity index (χ1n) is 18.2. The minimum absolute atomic E-state index is 0.0141. The molecule has 52 heavy (non-hydrogen) atoms. The second kappa shape index (κ2) is 11.1. The van der Waals surface area contributed by atoms with Gasteiger partial charge in [0.05, 0.1) is 23.8 Å². The molecule has 0 radical (unpaired) electrons. The third-order valence-electron chi connectivity index (χ3n) is 13.4. The zero-order valence-corrected chi connectivity index (χ0v) is 30.3. The normalized spacial score (nSPS) is 30.5. The average Bonchev–Trinajstić information content (AvgIpc) is 3.78. The van der Waals surface area contributed by atoms with Gasteiger partial charge in [0, 0.05) is 28.7 Å². The van der Waals surface area contributed by atoms with E-state index in [1.54, 1.807) is 27.7 Å². The fourth-order valence-corrected chi connectivity index (χ4v) is 10.7. The summed E-state index contributed by atoms with van der Waals surface area (Å²) in [5.41, 5.74) is -1.29. The number of ketones is 3. The first-order valence-corrected chi connectivity index (χ1v) is 18.2. The van der Waals surface area contributed by atoms with Crippen LogP contribution in [0.25, 0.3) is 28.0 Å². The van der Waals surface area contributed by atoms with Crippen LogP contribution in [0.4, 0.5) is 0 Å². The molecule has 1 saturated carbocycles. The van der Waals surface area contributed by atoms with Crippen molar-refractivity contribution in [3.05, 3.63) is 87.2 Å². The smallest absolute Gasteiger partial charge is 0.203 e. The number of hydrogen-bond donors (Lipinski definition) is 5. The lowest BCUT2D eigenvalue weighted by atomic mass is 9.40. The molecule has 270 valence electrons. The van der Waals surface area contributed by atoms with Gasteiger partial charge in [-0.25, -0.2) is 0 Å². The number of rotatable bonds is 4. The van der Waals surface area contributed by atoms with Gasteiger partial charge in [-0.15, -0.1) is 0 Å². The van der Waals surface area contributed by atoms with Crippen LogP contribution in [0.15, 0.2) is 59.4 Å². The lowest BCUT2D eigenvalue weighted by Crippen LogP contribution is -2.75. The van der Waals surface area contributed by atoms with Crippen molar-refractivity contribution in [3.8, 4) is 33.8 Å². The Bertz CT molecular complexity index is 2220. The molecule has 1 heterocycles. The van der Waals surface area contributed by atoms with Gasteiger partial charge < -0.3 is 30.3 Å². The number of hydrogen-bond acceptors (Lipinski definition) is 9. The van der Waals surface area contributed by atoms with Gasteiger partial charge in [-0.1, -0.05) is 65.0 Å². The molecule has 9 heteroatoms. The number of carbonyl (C=O) groups excluding carboxylic acids is 3. The Morgan fingerprint density at radius 3 is 2.37 bits per heavy atom. The number of allylic oxidation sites excluding steroid dienone is 1. The summed E-state index contributed by atoms with van der Waals surface area (Å²) < 4.78 is 5.95. The lowest BCUT2D eigenvalue weighted by Gasteiger charge is -2.63. The molecule has 4 aliphatic carbocycles. The second-order valence-electron chi connectivity index (χ2n) is 16.1. The summed E-state index contributed by atoms with van der Waals surface area (Å²) in [5.74, 6) is -6.68. The molecule has 3 aromatic carbocycles. The van der Waals surface area contributed by atoms with Gasteiger partial charge in [0.15, 0.2) is 17.2 Å². The van der Waals surface area contributed by atoms with Crippen LogP contribution >= 0.6 is 0 Å². The van der Waals surface area contributed by atoms with Gasteiger partial charge in [-0.2, -0.15) is 0 Å². The van der Waals surface area contributed by atoms with Crippen molar-refractivity contribution < 1.29 is 44.7 Å². The number of carbonyl (C=O) groups is 3. The molecule has 8 rings (SSSR count). The third kappa shape index (κ3) is 3.98. The predicted octanol–water partition coefficient (Wildman–Crippen LogP) is 6.48. The molecule has 1 fully saturated rings. The molecule has 9 nitrogen and oxygen atoms in total. The summed E-state index contributed by atoms with van der Waals surface area (Å²) in [6.07, 6.45) is 1.72. The number of aryl methyl sites for hydroxylation is 1. The van der Waals surface area contributed by atoms with E-state index < -0.39 is 74.7 Å². The minimum atomic E-state index is -2.95. The van der Waals surface area contributed by atoms with Crippen LogP contribution in [0, 0.1) is 22.7 Å². The highest BCUT2D eigenvalue weighted by Crippen LogP contribution is 2.68. The van der Waals surface area contributed by atoms with E-state index >= 15 is 4.79 Å². The maximum atomic E-state index is 15.1. The molecule has 5 aliphatic rings. The van der Waals surface area contributed by atoms with Crippen LogP contribution < -0.4 is 4.74 Å². The van der Waals surface area contributed by atoms with E-state index in [9.17, 15) is 35.1 Å². The molecule has 1 unspecified atom stereocenters. The molecule has 0 amide bonds. The van der Waals surface area contributed by atoms with Crippen molar-refractivity contribution in [1.82, 2.24) is 0 Å². The van der Waals surface area contributed by atoms with Crippen LogP contribution in [-0.4, -0.2) is 61.2 Å². The Labute approximate surface area is 302 Å². The zero-order valence-electron chi connectivity index (χ0n) is 30.3. The fourth-order valence-electron chi connectivity index (χ4n) is 10.7. The molecule has 0 spiro atoms. The monoisotopic (exact) mass is 704 g/mol. The maximum absolute atomic E-state index is 15.1. The summed E-state index contributed by atoms with van der Waals surface area (Å²) in [4.78, 5) is 42.0. The van der Waals surface area contributed by atoms with Gasteiger partial charge in [0.2, 0.25) is 5.78 Å². The van der Waals surface area contributed by atoms with Crippen molar-refractivity contribution in [2.45, 2.75) is 84.8 Å². The van der Waals surface area contributed by atoms with Crippen LogP contribution in [0.3, 0.4) is 0 Å². The van der Waals surface area contributed by atoms with Crippen molar-refractivity contribution >= 4 is 23.1 Å². The quantitative estimate of drug-likeness (QED) is 0.192. The molecule has 0 bridgehead atoms. The molecule has 3 aromatic rings. The van der Waals surface area contributed by atoms with Crippen LogP contribution in [0.2, 0.25) is 0 Å². The SMILES string of the molecule is CC(=O)C1=C(O)[C@]2(O)C(=O)C3=C(O)c4c(O)c(-c5cccc6c5CCC6)cc(-c5ccc6c(c5)OCC6)c4[C@@H](C)[C@]3(C)[C@@H](O)[C@]2(C)C(C(C)C)C1=O. The Morgan fingerprint density at radius 1 is 0.942 bits per heavy atom. The van der Waals surface area contributed by atoms with E-state index in [4.69, 9.17) is 4.74 Å². The zero-order chi connectivity index (χ0) is 37.4. The third-order valence-corrected chi connectivity index (χ3v) is 13.4. The highest BCUT2D eigenvalue weighted by molar-refractivity contribution is 6.24. The minimum Gasteiger partial charge on any atom is -0.508 e. The Morgan fingerprint density at radius 2 is 1.67 bits per heavy atom. The number of benzene rings is 3. The molecule has 6 atom stereocenters. The molecule has 0 saturated heterocycles. The van der Waals surface area contributed by atoms with Crippen molar-refractivity contribution in [3.63, 3.8) is 0 Å². The number of aliphatic hydroxyl groups is 4. The van der Waals surface area contributed by atoms with Crippen molar-refractivity contribution in [2.24, 2.45) is 22.7 Å². The summed E-state index contributed by atoms with van der Waals surface area (Å²) >= 11 is 0. The first-order chi connectivity index (χ1) is 24.5. The van der Waals surface area contributed by atoms with Crippen molar-refractivity contribution in [1.29, 1.82) is 0 Å². The number of phenolic OH excluding ortho intramolecular Hbond substituents is 1. The van der Waals surface area contributed by atoms with Crippen LogP contribution in [-0.2, 0) is 33.6 Å². The van der Waals surface area contributed by atoms with Crippen LogP contribution in [0.1, 0.15) is 81.7 Å². The number of Topliss-reactive ketones (excluding diaryl/α,β-unsaturated/α-hetero) is 3. The molecular formula is C43H44O9. The predicted molar refractivity (Wildman–Crippen MR) is 194 cm³/mol. The Hall–Kier alpha value is -4.73. The second-order valence-corrected chi connectivity index (χ2v) is 16.1. The summed E-state index contributed by atoms with van der Waals surface area (Å²) in [5, 5.41) is 61.8. The fraction of sp³-hybridized carbons (Fsp3) is 0.419. The number of ether oxygens (including phenoxy) is 1.